The average Bonchev–Trinajstić information content (AvgIpc) is 2.88. The highest BCUT2D eigenvalue weighted by molar-refractivity contribution is 6.01. The topological polar surface area (TPSA) is 84.7 Å². The van der Waals surface area contributed by atoms with Gasteiger partial charge < -0.3 is 20.7 Å². The predicted octanol–water partition coefficient (Wildman–Crippen LogP) is 0.628. The first-order chi connectivity index (χ1) is 10.1. The minimum atomic E-state index is -0.127. The Kier molecular flexibility index (Phi) is 3.45. The molecule has 2 fully saturated rings. The van der Waals surface area contributed by atoms with E-state index in [0.717, 1.165) is 12.8 Å². The molecule has 6 heteroatoms. The molecule has 3 rings (SSSR count). The molecule has 2 unspecified atom stereocenters. The highest BCUT2D eigenvalue weighted by Crippen LogP contribution is 2.31. The van der Waals surface area contributed by atoms with Gasteiger partial charge in [-0.1, -0.05) is 6.07 Å². The van der Waals surface area contributed by atoms with Crippen molar-refractivity contribution in [2.75, 3.05) is 25.9 Å². The fraction of sp³-hybridized carbons (Fsp3) is 0.467. The van der Waals surface area contributed by atoms with Crippen molar-refractivity contribution in [3.8, 4) is 5.75 Å². The van der Waals surface area contributed by atoms with E-state index in [0.29, 0.717) is 30.1 Å². The summed E-state index contributed by atoms with van der Waals surface area (Å²) in [7, 11) is 1.52. The molecule has 2 atom stereocenters. The number of piperidine rings is 1. The molecule has 2 amide bonds. The minimum absolute atomic E-state index is 0.0520. The number of rotatable bonds is 2. The van der Waals surface area contributed by atoms with E-state index in [1.165, 1.54) is 7.11 Å². The number of carbonyl (C=O) groups excluding carboxylic acids is 2. The number of nitrogens with two attached hydrogens (primary N) is 1. The van der Waals surface area contributed by atoms with Gasteiger partial charge >= 0.3 is 0 Å². The lowest BCUT2D eigenvalue weighted by Gasteiger charge is -2.36. The standard InChI is InChI=1S/C15H19N3O3/c1-21-12-6-2-4-10(13(12)16)15(20)18-7-3-5-9-11(18)8-17-14(9)19/h2,4,6,9,11H,3,5,7-8,16H2,1H3,(H,17,19). The normalized spacial score (nSPS) is 24.4. The Morgan fingerprint density at radius 3 is 3.05 bits per heavy atom. The van der Waals surface area contributed by atoms with Crippen LogP contribution >= 0.6 is 0 Å². The van der Waals surface area contributed by atoms with E-state index in [9.17, 15) is 9.59 Å². The molecule has 0 bridgehead atoms. The quantitative estimate of drug-likeness (QED) is 0.782. The zero-order chi connectivity index (χ0) is 15.0. The molecule has 2 heterocycles. The molecule has 1 aromatic rings. The number of nitrogen functional groups attached to an aromatic ring is 1. The van der Waals surface area contributed by atoms with Crippen LogP contribution in [-0.4, -0.2) is 43.0 Å². The third-order valence-electron chi connectivity index (χ3n) is 4.38. The molecule has 0 saturated carbocycles. The summed E-state index contributed by atoms with van der Waals surface area (Å²) in [6.45, 7) is 1.19. The molecule has 2 aliphatic heterocycles. The number of hydrogen-bond acceptors (Lipinski definition) is 4. The first-order valence-corrected chi connectivity index (χ1v) is 7.14. The zero-order valence-corrected chi connectivity index (χ0v) is 12.0. The maximum absolute atomic E-state index is 12.8. The molecule has 0 aromatic heterocycles. The van der Waals surface area contributed by atoms with Gasteiger partial charge in [-0.25, -0.2) is 0 Å². The zero-order valence-electron chi connectivity index (χ0n) is 12.0. The summed E-state index contributed by atoms with van der Waals surface area (Å²) >= 11 is 0. The Morgan fingerprint density at radius 2 is 2.29 bits per heavy atom. The van der Waals surface area contributed by atoms with Crippen LogP contribution in [-0.2, 0) is 4.79 Å². The van der Waals surface area contributed by atoms with Crippen LogP contribution in [0.2, 0.25) is 0 Å². The van der Waals surface area contributed by atoms with Crippen LogP contribution in [0.1, 0.15) is 23.2 Å². The molecule has 0 spiro atoms. The van der Waals surface area contributed by atoms with Crippen molar-refractivity contribution < 1.29 is 14.3 Å². The fourth-order valence-corrected chi connectivity index (χ4v) is 3.27. The third-order valence-corrected chi connectivity index (χ3v) is 4.38. The van der Waals surface area contributed by atoms with Gasteiger partial charge in [0.05, 0.1) is 30.3 Å². The van der Waals surface area contributed by atoms with Crippen molar-refractivity contribution in [2.45, 2.75) is 18.9 Å². The maximum atomic E-state index is 12.8. The maximum Gasteiger partial charge on any atom is 0.256 e. The lowest BCUT2D eigenvalue weighted by Crippen LogP contribution is -2.48. The number of carbonyl (C=O) groups is 2. The number of para-hydroxylation sites is 1. The highest BCUT2D eigenvalue weighted by Gasteiger charge is 2.43. The average molecular weight is 289 g/mol. The van der Waals surface area contributed by atoms with Gasteiger partial charge in [0.25, 0.3) is 5.91 Å². The fourth-order valence-electron chi connectivity index (χ4n) is 3.27. The number of anilines is 1. The monoisotopic (exact) mass is 289 g/mol. The molecular weight excluding hydrogens is 270 g/mol. The lowest BCUT2D eigenvalue weighted by atomic mass is 9.91. The van der Waals surface area contributed by atoms with Crippen LogP contribution in [0.4, 0.5) is 5.69 Å². The van der Waals surface area contributed by atoms with Gasteiger partial charge in [-0.2, -0.15) is 0 Å². The van der Waals surface area contributed by atoms with Gasteiger partial charge in [-0.05, 0) is 25.0 Å². The van der Waals surface area contributed by atoms with Crippen LogP contribution < -0.4 is 15.8 Å². The lowest BCUT2D eigenvalue weighted by molar-refractivity contribution is -0.123. The Balaban J connectivity index is 1.90. The van der Waals surface area contributed by atoms with E-state index >= 15 is 0 Å². The number of hydrogen-bond donors (Lipinski definition) is 2. The molecule has 112 valence electrons. The first-order valence-electron chi connectivity index (χ1n) is 7.14. The summed E-state index contributed by atoms with van der Waals surface area (Å²) in [6, 6.07) is 5.12. The summed E-state index contributed by atoms with van der Waals surface area (Å²) in [5.74, 6) is 0.332. The second-order valence-corrected chi connectivity index (χ2v) is 5.48. The number of fused-ring (bicyclic) bond motifs is 1. The second-order valence-electron chi connectivity index (χ2n) is 5.48. The van der Waals surface area contributed by atoms with Crippen molar-refractivity contribution >= 4 is 17.5 Å². The summed E-state index contributed by atoms with van der Waals surface area (Å²) in [5, 5.41) is 2.85. The molecule has 0 aliphatic carbocycles. The van der Waals surface area contributed by atoms with Crippen LogP contribution in [0.5, 0.6) is 5.75 Å². The number of likely N-dealkylation sites (tertiary alicyclic amines) is 1. The van der Waals surface area contributed by atoms with Gasteiger partial charge in [0.1, 0.15) is 5.75 Å². The van der Waals surface area contributed by atoms with E-state index in [4.69, 9.17) is 10.5 Å². The van der Waals surface area contributed by atoms with Gasteiger partial charge in [0, 0.05) is 13.1 Å². The molecule has 3 N–H and O–H groups in total. The summed E-state index contributed by atoms with van der Waals surface area (Å²) in [4.78, 5) is 26.4. The van der Waals surface area contributed by atoms with Gasteiger partial charge in [-0.15, -0.1) is 0 Å². The molecule has 6 nitrogen and oxygen atoms in total. The van der Waals surface area contributed by atoms with E-state index in [1.54, 1.807) is 23.1 Å². The molecule has 21 heavy (non-hydrogen) atoms. The minimum Gasteiger partial charge on any atom is -0.495 e. The van der Waals surface area contributed by atoms with Crippen molar-refractivity contribution in [2.24, 2.45) is 5.92 Å². The van der Waals surface area contributed by atoms with Crippen LogP contribution in [0.15, 0.2) is 18.2 Å². The molecule has 0 radical (unpaired) electrons. The Labute approximate surface area is 123 Å². The largest absolute Gasteiger partial charge is 0.495 e. The van der Waals surface area contributed by atoms with Crippen LogP contribution in [0.25, 0.3) is 0 Å². The first kappa shape index (κ1) is 13.7. The summed E-state index contributed by atoms with van der Waals surface area (Å²) < 4.78 is 5.16. The van der Waals surface area contributed by atoms with E-state index in [2.05, 4.69) is 5.32 Å². The summed E-state index contributed by atoms with van der Waals surface area (Å²) in [5.41, 5.74) is 6.80. The van der Waals surface area contributed by atoms with Crippen LogP contribution in [0.3, 0.4) is 0 Å². The number of nitrogens with zero attached hydrogens (tertiary/aromatic N) is 1. The second kappa shape index (κ2) is 5.27. The molecule has 2 aliphatic rings. The van der Waals surface area contributed by atoms with Crippen molar-refractivity contribution in [1.29, 1.82) is 0 Å². The third kappa shape index (κ3) is 2.20. The summed E-state index contributed by atoms with van der Waals surface area (Å²) in [6.07, 6.45) is 1.68. The predicted molar refractivity (Wildman–Crippen MR) is 78.0 cm³/mol. The van der Waals surface area contributed by atoms with Crippen molar-refractivity contribution in [3.63, 3.8) is 0 Å². The molecular formula is C15H19N3O3. The SMILES string of the molecule is COc1cccc(C(=O)N2CCCC3C(=O)NCC32)c1N. The van der Waals surface area contributed by atoms with Gasteiger partial charge in [-0.3, -0.25) is 9.59 Å². The van der Waals surface area contributed by atoms with Crippen molar-refractivity contribution in [3.05, 3.63) is 23.8 Å². The molecule has 1 aromatic carbocycles. The van der Waals surface area contributed by atoms with E-state index in [1.807, 2.05) is 0 Å². The highest BCUT2D eigenvalue weighted by atomic mass is 16.5. The number of benzene rings is 1. The van der Waals surface area contributed by atoms with Crippen molar-refractivity contribution in [1.82, 2.24) is 10.2 Å². The van der Waals surface area contributed by atoms with Crippen LogP contribution in [0, 0.1) is 5.92 Å². The Morgan fingerprint density at radius 1 is 1.48 bits per heavy atom. The van der Waals surface area contributed by atoms with E-state index in [-0.39, 0.29) is 23.8 Å². The number of amides is 2. The number of nitrogens with one attached hydrogen (secondary N) is 1. The van der Waals surface area contributed by atoms with Gasteiger partial charge in [0.2, 0.25) is 5.91 Å². The Bertz CT molecular complexity index is 588. The molecule has 2 saturated heterocycles. The number of ether oxygens (including phenoxy) is 1. The Hall–Kier alpha value is -2.24. The van der Waals surface area contributed by atoms with Gasteiger partial charge in [0.15, 0.2) is 0 Å². The van der Waals surface area contributed by atoms with E-state index < -0.39 is 0 Å². The smallest absolute Gasteiger partial charge is 0.256 e. The number of methoxy groups -OCH3 is 1.